The van der Waals surface area contributed by atoms with Crippen LogP contribution in [-0.4, -0.2) is 40.1 Å². The fourth-order valence-corrected chi connectivity index (χ4v) is 3.32. The zero-order valence-electron chi connectivity index (χ0n) is 13.6. The SMILES string of the molecule is CC(C)C(N)CN1CCC(n2c(N)nc3ccccc32)CC1. The second-order valence-electron chi connectivity index (χ2n) is 6.77. The molecule has 0 aliphatic carbocycles. The van der Waals surface area contributed by atoms with E-state index in [1.165, 1.54) is 0 Å². The molecule has 3 rings (SSSR count). The van der Waals surface area contributed by atoms with E-state index in [9.17, 15) is 0 Å². The molecule has 1 saturated heterocycles. The van der Waals surface area contributed by atoms with Gasteiger partial charge in [-0.2, -0.15) is 0 Å². The zero-order valence-corrected chi connectivity index (χ0v) is 13.6. The van der Waals surface area contributed by atoms with Crippen LogP contribution in [0, 0.1) is 5.92 Å². The van der Waals surface area contributed by atoms with E-state index >= 15 is 0 Å². The molecule has 0 amide bonds. The zero-order chi connectivity index (χ0) is 15.7. The number of hydrogen-bond acceptors (Lipinski definition) is 4. The third-order valence-electron chi connectivity index (χ3n) is 4.87. The minimum absolute atomic E-state index is 0.260. The van der Waals surface area contributed by atoms with E-state index < -0.39 is 0 Å². The Bertz CT molecular complexity index is 625. The van der Waals surface area contributed by atoms with Crippen LogP contribution in [0.2, 0.25) is 0 Å². The predicted molar refractivity (Wildman–Crippen MR) is 91.7 cm³/mol. The molecule has 0 radical (unpaired) electrons. The first kappa shape index (κ1) is 15.3. The topological polar surface area (TPSA) is 73.1 Å². The van der Waals surface area contributed by atoms with Gasteiger partial charge in [0.05, 0.1) is 11.0 Å². The Morgan fingerprint density at radius 3 is 2.59 bits per heavy atom. The van der Waals surface area contributed by atoms with Gasteiger partial charge in [0, 0.05) is 31.7 Å². The van der Waals surface area contributed by atoms with Crippen LogP contribution < -0.4 is 11.5 Å². The van der Waals surface area contributed by atoms with Crippen molar-refractivity contribution in [2.45, 2.75) is 38.8 Å². The molecule has 1 atom stereocenters. The molecular formula is C17H27N5. The standard InChI is InChI=1S/C17H27N5/c1-12(2)14(18)11-21-9-7-13(8-10-21)22-16-6-4-3-5-15(16)20-17(22)19/h3-6,12-14H,7-11,18H2,1-2H3,(H2,19,20). The predicted octanol–water partition coefficient (Wildman–Crippen LogP) is 2.24. The molecule has 0 bridgehead atoms. The number of likely N-dealkylation sites (tertiary alicyclic amines) is 1. The van der Waals surface area contributed by atoms with Crippen molar-refractivity contribution < 1.29 is 0 Å². The second kappa shape index (κ2) is 6.26. The van der Waals surface area contributed by atoms with Crippen molar-refractivity contribution in [3.8, 4) is 0 Å². The number of imidazole rings is 1. The number of para-hydroxylation sites is 2. The molecule has 5 heteroatoms. The highest BCUT2D eigenvalue weighted by atomic mass is 15.2. The lowest BCUT2D eigenvalue weighted by Crippen LogP contribution is -2.44. The van der Waals surface area contributed by atoms with Crippen molar-refractivity contribution in [2.75, 3.05) is 25.4 Å². The summed E-state index contributed by atoms with van der Waals surface area (Å²) in [7, 11) is 0. The Kier molecular flexibility index (Phi) is 4.36. The monoisotopic (exact) mass is 301 g/mol. The summed E-state index contributed by atoms with van der Waals surface area (Å²) >= 11 is 0. The van der Waals surface area contributed by atoms with E-state index in [0.29, 0.717) is 17.9 Å². The number of aromatic nitrogens is 2. The number of piperidine rings is 1. The van der Waals surface area contributed by atoms with Crippen LogP contribution in [0.3, 0.4) is 0 Å². The molecule has 1 aromatic heterocycles. The Hall–Kier alpha value is -1.59. The van der Waals surface area contributed by atoms with Crippen LogP contribution in [0.4, 0.5) is 5.95 Å². The third kappa shape index (κ3) is 2.96. The Labute approximate surface area is 132 Å². The van der Waals surface area contributed by atoms with Gasteiger partial charge in [-0.3, -0.25) is 0 Å². The van der Waals surface area contributed by atoms with Gasteiger partial charge in [0.1, 0.15) is 0 Å². The van der Waals surface area contributed by atoms with Crippen molar-refractivity contribution in [1.29, 1.82) is 0 Å². The molecule has 2 aromatic rings. The summed E-state index contributed by atoms with van der Waals surface area (Å²) in [5.41, 5.74) is 14.5. The molecule has 22 heavy (non-hydrogen) atoms. The average Bonchev–Trinajstić information content (AvgIpc) is 2.84. The summed E-state index contributed by atoms with van der Waals surface area (Å²) in [5.74, 6) is 1.17. The van der Waals surface area contributed by atoms with Crippen LogP contribution in [0.25, 0.3) is 11.0 Å². The molecule has 1 unspecified atom stereocenters. The van der Waals surface area contributed by atoms with E-state index in [2.05, 4.69) is 40.4 Å². The van der Waals surface area contributed by atoms with E-state index in [4.69, 9.17) is 11.5 Å². The molecule has 1 aliphatic heterocycles. The van der Waals surface area contributed by atoms with E-state index in [-0.39, 0.29) is 6.04 Å². The smallest absolute Gasteiger partial charge is 0.201 e. The van der Waals surface area contributed by atoms with Gasteiger partial charge in [-0.1, -0.05) is 26.0 Å². The van der Waals surface area contributed by atoms with Crippen LogP contribution in [0.15, 0.2) is 24.3 Å². The number of anilines is 1. The number of nitrogens with zero attached hydrogens (tertiary/aromatic N) is 3. The minimum Gasteiger partial charge on any atom is -0.369 e. The van der Waals surface area contributed by atoms with Gasteiger partial charge >= 0.3 is 0 Å². The summed E-state index contributed by atoms with van der Waals surface area (Å²) in [4.78, 5) is 6.97. The lowest BCUT2D eigenvalue weighted by molar-refractivity contribution is 0.171. The number of benzene rings is 1. The molecule has 1 fully saturated rings. The van der Waals surface area contributed by atoms with Crippen molar-refractivity contribution in [2.24, 2.45) is 11.7 Å². The van der Waals surface area contributed by atoms with E-state index in [1.807, 2.05) is 12.1 Å². The summed E-state index contributed by atoms with van der Waals surface area (Å²) in [5, 5.41) is 0. The maximum atomic E-state index is 6.20. The summed E-state index contributed by atoms with van der Waals surface area (Å²) in [6.45, 7) is 7.53. The molecule has 4 N–H and O–H groups in total. The first-order valence-electron chi connectivity index (χ1n) is 8.26. The summed E-state index contributed by atoms with van der Waals surface area (Å²) in [6, 6.07) is 8.90. The second-order valence-corrected chi connectivity index (χ2v) is 6.77. The number of hydrogen-bond donors (Lipinski definition) is 2. The Balaban J connectivity index is 1.69. The van der Waals surface area contributed by atoms with Gasteiger partial charge < -0.3 is 20.9 Å². The van der Waals surface area contributed by atoms with Crippen molar-refractivity contribution in [3.63, 3.8) is 0 Å². The normalized spacial score (nSPS) is 19.1. The molecule has 0 saturated carbocycles. The average molecular weight is 301 g/mol. The first-order valence-corrected chi connectivity index (χ1v) is 8.26. The van der Waals surface area contributed by atoms with Gasteiger partial charge in [0.25, 0.3) is 0 Å². The summed E-state index contributed by atoms with van der Waals surface area (Å²) < 4.78 is 2.22. The number of nitrogen functional groups attached to an aromatic ring is 1. The molecule has 1 aromatic carbocycles. The molecule has 1 aliphatic rings. The highest BCUT2D eigenvalue weighted by Crippen LogP contribution is 2.29. The highest BCUT2D eigenvalue weighted by molar-refractivity contribution is 5.78. The van der Waals surface area contributed by atoms with E-state index in [1.54, 1.807) is 0 Å². The quantitative estimate of drug-likeness (QED) is 0.908. The van der Waals surface area contributed by atoms with Crippen molar-refractivity contribution in [1.82, 2.24) is 14.5 Å². The largest absolute Gasteiger partial charge is 0.369 e. The molecule has 5 nitrogen and oxygen atoms in total. The van der Waals surface area contributed by atoms with Crippen LogP contribution in [0.5, 0.6) is 0 Å². The molecule has 2 heterocycles. The molecule has 120 valence electrons. The lowest BCUT2D eigenvalue weighted by Gasteiger charge is -2.35. The van der Waals surface area contributed by atoms with Gasteiger partial charge in [-0.05, 0) is 30.9 Å². The van der Waals surface area contributed by atoms with E-state index in [0.717, 1.165) is 43.5 Å². The number of rotatable bonds is 4. The van der Waals surface area contributed by atoms with Gasteiger partial charge in [-0.25, -0.2) is 4.98 Å². The van der Waals surface area contributed by atoms with Crippen molar-refractivity contribution >= 4 is 17.0 Å². The fraction of sp³-hybridized carbons (Fsp3) is 0.588. The maximum absolute atomic E-state index is 6.20. The molecular weight excluding hydrogens is 274 g/mol. The highest BCUT2D eigenvalue weighted by Gasteiger charge is 2.25. The van der Waals surface area contributed by atoms with Gasteiger partial charge in [0.2, 0.25) is 5.95 Å². The van der Waals surface area contributed by atoms with Crippen LogP contribution >= 0.6 is 0 Å². The minimum atomic E-state index is 0.260. The number of fused-ring (bicyclic) bond motifs is 1. The molecule has 0 spiro atoms. The third-order valence-corrected chi connectivity index (χ3v) is 4.87. The van der Waals surface area contributed by atoms with Gasteiger partial charge in [-0.15, -0.1) is 0 Å². The first-order chi connectivity index (χ1) is 10.6. The summed E-state index contributed by atoms with van der Waals surface area (Å²) in [6.07, 6.45) is 2.21. The number of nitrogens with two attached hydrogens (primary N) is 2. The fourth-order valence-electron chi connectivity index (χ4n) is 3.32. The Morgan fingerprint density at radius 1 is 1.23 bits per heavy atom. The maximum Gasteiger partial charge on any atom is 0.201 e. The van der Waals surface area contributed by atoms with Crippen LogP contribution in [0.1, 0.15) is 32.7 Å². The van der Waals surface area contributed by atoms with Gasteiger partial charge in [0.15, 0.2) is 0 Å². The van der Waals surface area contributed by atoms with Crippen molar-refractivity contribution in [3.05, 3.63) is 24.3 Å². The lowest BCUT2D eigenvalue weighted by atomic mass is 10.0. The Morgan fingerprint density at radius 2 is 1.91 bits per heavy atom. The van der Waals surface area contributed by atoms with Crippen LogP contribution in [-0.2, 0) is 0 Å².